The van der Waals surface area contributed by atoms with Crippen molar-refractivity contribution in [1.82, 2.24) is 0 Å². The minimum absolute atomic E-state index is 0.259. The summed E-state index contributed by atoms with van der Waals surface area (Å²) < 4.78 is 16.1. The topological polar surface area (TPSA) is 73.9 Å². The average molecular weight is 391 g/mol. The summed E-state index contributed by atoms with van der Waals surface area (Å²) in [7, 11) is 1.58. The molecule has 148 valence electrons. The quantitative estimate of drug-likeness (QED) is 0.579. The maximum atomic E-state index is 12.6. The van der Waals surface area contributed by atoms with Gasteiger partial charge in [-0.15, -0.1) is 0 Å². The lowest BCUT2D eigenvalue weighted by molar-refractivity contribution is 0.0526. The van der Waals surface area contributed by atoms with Crippen LogP contribution in [0.25, 0.3) is 0 Å². The van der Waals surface area contributed by atoms with Gasteiger partial charge in [0.05, 0.1) is 25.0 Å². The van der Waals surface area contributed by atoms with E-state index in [1.807, 2.05) is 6.07 Å². The Morgan fingerprint density at radius 2 is 1.55 bits per heavy atom. The molecule has 6 heteroatoms. The Hall–Kier alpha value is -3.80. The van der Waals surface area contributed by atoms with Crippen LogP contribution in [0.2, 0.25) is 0 Å². The predicted octanol–water partition coefficient (Wildman–Crippen LogP) is 4.92. The molecular formula is C23H21NO5. The highest BCUT2D eigenvalue weighted by atomic mass is 16.5. The molecule has 3 aromatic carbocycles. The number of anilines is 1. The normalized spacial score (nSPS) is 10.1. The van der Waals surface area contributed by atoms with Gasteiger partial charge in [0.2, 0.25) is 0 Å². The average Bonchev–Trinajstić information content (AvgIpc) is 2.76. The van der Waals surface area contributed by atoms with Crippen molar-refractivity contribution in [3.05, 3.63) is 83.9 Å². The zero-order chi connectivity index (χ0) is 20.6. The first-order valence-corrected chi connectivity index (χ1v) is 9.10. The molecule has 1 N–H and O–H groups in total. The third-order valence-electron chi connectivity index (χ3n) is 4.06. The van der Waals surface area contributed by atoms with Gasteiger partial charge < -0.3 is 19.5 Å². The van der Waals surface area contributed by atoms with Crippen molar-refractivity contribution in [3.63, 3.8) is 0 Å². The second-order valence-corrected chi connectivity index (χ2v) is 6.03. The molecule has 3 rings (SSSR count). The number of amides is 1. The Morgan fingerprint density at radius 1 is 0.862 bits per heavy atom. The van der Waals surface area contributed by atoms with Crippen LogP contribution >= 0.6 is 0 Å². The first kappa shape index (κ1) is 19.9. The number of carbonyl (C=O) groups is 2. The van der Waals surface area contributed by atoms with Crippen LogP contribution in [0, 0.1) is 0 Å². The van der Waals surface area contributed by atoms with Crippen LogP contribution in [0.5, 0.6) is 17.2 Å². The highest BCUT2D eigenvalue weighted by Crippen LogP contribution is 2.32. The van der Waals surface area contributed by atoms with E-state index in [2.05, 4.69) is 5.32 Å². The molecule has 0 aliphatic rings. The second kappa shape index (κ2) is 9.41. The van der Waals surface area contributed by atoms with E-state index in [1.54, 1.807) is 74.7 Å². The Kier molecular flexibility index (Phi) is 6.47. The van der Waals surface area contributed by atoms with Gasteiger partial charge in [0, 0.05) is 5.56 Å². The molecule has 29 heavy (non-hydrogen) atoms. The fourth-order valence-corrected chi connectivity index (χ4v) is 2.61. The number of hydrogen-bond donors (Lipinski definition) is 1. The molecule has 0 aliphatic carbocycles. The molecule has 1 amide bonds. The number of hydrogen-bond acceptors (Lipinski definition) is 5. The van der Waals surface area contributed by atoms with Crippen molar-refractivity contribution in [2.24, 2.45) is 0 Å². The van der Waals surface area contributed by atoms with E-state index in [-0.39, 0.29) is 12.5 Å². The molecule has 6 nitrogen and oxygen atoms in total. The van der Waals surface area contributed by atoms with Gasteiger partial charge in [-0.25, -0.2) is 4.79 Å². The van der Waals surface area contributed by atoms with Gasteiger partial charge in [-0.05, 0) is 61.5 Å². The van der Waals surface area contributed by atoms with Crippen molar-refractivity contribution >= 4 is 17.6 Å². The van der Waals surface area contributed by atoms with Crippen molar-refractivity contribution in [2.45, 2.75) is 6.92 Å². The monoisotopic (exact) mass is 391 g/mol. The van der Waals surface area contributed by atoms with E-state index in [0.29, 0.717) is 34.1 Å². The molecule has 0 aliphatic heterocycles. The molecule has 0 fully saturated rings. The van der Waals surface area contributed by atoms with Gasteiger partial charge in [0.15, 0.2) is 5.75 Å². The number of methoxy groups -OCH3 is 1. The lowest BCUT2D eigenvalue weighted by Crippen LogP contribution is -2.13. The van der Waals surface area contributed by atoms with Crippen LogP contribution in [-0.2, 0) is 4.74 Å². The largest absolute Gasteiger partial charge is 0.497 e. The van der Waals surface area contributed by atoms with Crippen molar-refractivity contribution in [3.8, 4) is 17.2 Å². The molecule has 0 unspecified atom stereocenters. The fraction of sp³-hybridized carbons (Fsp3) is 0.130. The number of nitrogens with one attached hydrogen (secondary N) is 1. The molecule has 0 aromatic heterocycles. The minimum atomic E-state index is -0.473. The molecule has 0 saturated carbocycles. The number of benzene rings is 3. The zero-order valence-electron chi connectivity index (χ0n) is 16.2. The summed E-state index contributed by atoms with van der Waals surface area (Å²) in [5, 5.41) is 2.81. The minimum Gasteiger partial charge on any atom is -0.497 e. The van der Waals surface area contributed by atoms with E-state index in [4.69, 9.17) is 14.2 Å². The summed E-state index contributed by atoms with van der Waals surface area (Å²) in [6.45, 7) is 1.99. The van der Waals surface area contributed by atoms with Gasteiger partial charge in [0.1, 0.15) is 11.5 Å². The number of carbonyl (C=O) groups excluding carboxylic acids is 2. The van der Waals surface area contributed by atoms with Crippen LogP contribution in [0.15, 0.2) is 72.8 Å². The van der Waals surface area contributed by atoms with E-state index in [9.17, 15) is 9.59 Å². The van der Waals surface area contributed by atoms with E-state index >= 15 is 0 Å². The number of esters is 1. The number of ether oxygens (including phenoxy) is 3. The van der Waals surface area contributed by atoms with Crippen LogP contribution in [-0.4, -0.2) is 25.6 Å². The van der Waals surface area contributed by atoms with Gasteiger partial charge in [-0.2, -0.15) is 0 Å². The Labute approximate surface area is 169 Å². The van der Waals surface area contributed by atoms with Gasteiger partial charge in [0.25, 0.3) is 5.91 Å². The van der Waals surface area contributed by atoms with E-state index in [1.165, 1.54) is 6.07 Å². The summed E-state index contributed by atoms with van der Waals surface area (Å²) in [6, 6.07) is 20.6. The molecule has 0 radical (unpaired) electrons. The Morgan fingerprint density at radius 3 is 2.21 bits per heavy atom. The van der Waals surface area contributed by atoms with E-state index in [0.717, 1.165) is 0 Å². The molecule has 0 spiro atoms. The van der Waals surface area contributed by atoms with Crippen LogP contribution < -0.4 is 14.8 Å². The highest BCUT2D eigenvalue weighted by molar-refractivity contribution is 6.05. The summed E-state index contributed by atoms with van der Waals surface area (Å²) >= 11 is 0. The molecule has 0 bridgehead atoms. The summed E-state index contributed by atoms with van der Waals surface area (Å²) in [5.74, 6) is 0.870. The molecule has 0 atom stereocenters. The molecular weight excluding hydrogens is 370 g/mol. The Balaban J connectivity index is 1.91. The molecule has 0 saturated heterocycles. The van der Waals surface area contributed by atoms with Crippen molar-refractivity contribution in [1.29, 1.82) is 0 Å². The maximum Gasteiger partial charge on any atom is 0.338 e. The number of rotatable bonds is 7. The standard InChI is InChI=1S/C23H21NO5/c1-3-28-23(26)17-9-14-21(29-19-12-10-18(27-2)11-13-19)20(15-17)24-22(25)16-7-5-4-6-8-16/h4-15H,3H2,1-2H3,(H,24,25). The van der Waals surface area contributed by atoms with Crippen molar-refractivity contribution in [2.75, 3.05) is 19.0 Å². The van der Waals surface area contributed by atoms with Gasteiger partial charge in [-0.3, -0.25) is 4.79 Å². The fourth-order valence-electron chi connectivity index (χ4n) is 2.61. The van der Waals surface area contributed by atoms with Crippen molar-refractivity contribution < 1.29 is 23.8 Å². The summed E-state index contributed by atoms with van der Waals surface area (Å²) in [4.78, 5) is 24.7. The van der Waals surface area contributed by atoms with Crippen LogP contribution in [0.4, 0.5) is 5.69 Å². The molecule has 3 aromatic rings. The maximum absolute atomic E-state index is 12.6. The van der Waals surface area contributed by atoms with Crippen LogP contribution in [0.1, 0.15) is 27.6 Å². The third kappa shape index (κ3) is 5.13. The highest BCUT2D eigenvalue weighted by Gasteiger charge is 2.15. The lowest BCUT2D eigenvalue weighted by atomic mass is 10.1. The summed E-state index contributed by atoms with van der Waals surface area (Å²) in [5.41, 5.74) is 1.17. The van der Waals surface area contributed by atoms with E-state index < -0.39 is 5.97 Å². The second-order valence-electron chi connectivity index (χ2n) is 6.03. The summed E-state index contributed by atoms with van der Waals surface area (Å²) in [6.07, 6.45) is 0. The van der Waals surface area contributed by atoms with Crippen LogP contribution in [0.3, 0.4) is 0 Å². The molecule has 0 heterocycles. The lowest BCUT2D eigenvalue weighted by Gasteiger charge is -2.14. The SMILES string of the molecule is CCOC(=O)c1ccc(Oc2ccc(OC)cc2)c(NC(=O)c2ccccc2)c1. The Bertz CT molecular complexity index is 984. The zero-order valence-corrected chi connectivity index (χ0v) is 16.2. The first-order chi connectivity index (χ1) is 14.1. The first-order valence-electron chi connectivity index (χ1n) is 9.10. The van der Waals surface area contributed by atoms with Gasteiger partial charge in [-0.1, -0.05) is 18.2 Å². The smallest absolute Gasteiger partial charge is 0.338 e. The predicted molar refractivity (Wildman–Crippen MR) is 110 cm³/mol. The third-order valence-corrected chi connectivity index (χ3v) is 4.06. The van der Waals surface area contributed by atoms with Gasteiger partial charge >= 0.3 is 5.97 Å².